The number of aryl methyl sites for hydroxylation is 1. The van der Waals surface area contributed by atoms with Crippen molar-refractivity contribution in [2.45, 2.75) is 23.8 Å². The van der Waals surface area contributed by atoms with Gasteiger partial charge in [0.25, 0.3) is 0 Å². The standard InChI is InChI=1S/C16H20N4O3S/c17-16-10-13(5-7-19-16)3-4-14-12-20(8-9-23-14)24(21,22)15-2-1-6-18-11-15/h1-2,5-7,10-11,14H,3-4,8-9,12H2,(H2,17,19)/t14-/m0/s1. The first-order valence-electron chi connectivity index (χ1n) is 7.78. The number of nitrogens with zero attached hydrogens (tertiary/aromatic N) is 3. The van der Waals surface area contributed by atoms with E-state index in [0.29, 0.717) is 25.5 Å². The number of nitrogens with two attached hydrogens (primary N) is 1. The molecular weight excluding hydrogens is 328 g/mol. The molecule has 3 heterocycles. The minimum absolute atomic E-state index is 0.139. The minimum Gasteiger partial charge on any atom is -0.384 e. The van der Waals surface area contributed by atoms with Crippen LogP contribution in [0.15, 0.2) is 47.8 Å². The van der Waals surface area contributed by atoms with Crippen LogP contribution in [0.5, 0.6) is 0 Å². The molecule has 3 rings (SSSR count). The van der Waals surface area contributed by atoms with Gasteiger partial charge in [0, 0.05) is 31.7 Å². The highest BCUT2D eigenvalue weighted by atomic mass is 32.2. The van der Waals surface area contributed by atoms with Crippen LogP contribution in [0.25, 0.3) is 0 Å². The quantitative estimate of drug-likeness (QED) is 0.868. The number of rotatable bonds is 5. The average molecular weight is 348 g/mol. The number of hydrogen-bond acceptors (Lipinski definition) is 6. The number of hydrogen-bond donors (Lipinski definition) is 1. The molecule has 8 heteroatoms. The molecule has 0 saturated carbocycles. The maximum atomic E-state index is 12.7. The third-order valence-corrected chi connectivity index (χ3v) is 5.82. The van der Waals surface area contributed by atoms with Gasteiger partial charge in [0.2, 0.25) is 10.0 Å². The van der Waals surface area contributed by atoms with Crippen molar-refractivity contribution in [3.63, 3.8) is 0 Å². The minimum atomic E-state index is -3.52. The first-order valence-corrected chi connectivity index (χ1v) is 9.22. The van der Waals surface area contributed by atoms with Gasteiger partial charge in [-0.2, -0.15) is 4.31 Å². The molecule has 1 saturated heterocycles. The summed E-state index contributed by atoms with van der Waals surface area (Å²) in [4.78, 5) is 8.08. The molecule has 7 nitrogen and oxygen atoms in total. The van der Waals surface area contributed by atoms with Crippen LogP contribution in [0.1, 0.15) is 12.0 Å². The van der Waals surface area contributed by atoms with Gasteiger partial charge in [-0.3, -0.25) is 4.98 Å². The number of morpholine rings is 1. The molecule has 128 valence electrons. The van der Waals surface area contributed by atoms with Crippen LogP contribution in [0.3, 0.4) is 0 Å². The molecule has 0 aromatic carbocycles. The van der Waals surface area contributed by atoms with Gasteiger partial charge < -0.3 is 10.5 Å². The zero-order chi connectivity index (χ0) is 17.0. The summed E-state index contributed by atoms with van der Waals surface area (Å²) in [5, 5.41) is 0. The fourth-order valence-electron chi connectivity index (χ4n) is 2.71. The highest BCUT2D eigenvalue weighted by Crippen LogP contribution is 2.20. The Bertz CT molecular complexity index is 783. The molecule has 0 unspecified atom stereocenters. The largest absolute Gasteiger partial charge is 0.384 e. The van der Waals surface area contributed by atoms with E-state index in [9.17, 15) is 8.42 Å². The van der Waals surface area contributed by atoms with Crippen molar-refractivity contribution in [3.05, 3.63) is 48.4 Å². The lowest BCUT2D eigenvalue weighted by molar-refractivity contribution is -0.00526. The summed E-state index contributed by atoms with van der Waals surface area (Å²) in [6, 6.07) is 6.92. The number of anilines is 1. The zero-order valence-corrected chi connectivity index (χ0v) is 14.0. The normalized spacial score (nSPS) is 19.2. The summed E-state index contributed by atoms with van der Waals surface area (Å²) >= 11 is 0. The summed E-state index contributed by atoms with van der Waals surface area (Å²) in [7, 11) is -3.52. The number of nitrogen functional groups attached to an aromatic ring is 1. The third-order valence-electron chi connectivity index (χ3n) is 3.97. The summed E-state index contributed by atoms with van der Waals surface area (Å²) in [5.74, 6) is 0.484. The van der Waals surface area contributed by atoms with Crippen LogP contribution in [0.4, 0.5) is 5.82 Å². The molecule has 0 spiro atoms. The molecule has 0 radical (unpaired) electrons. The van der Waals surface area contributed by atoms with Gasteiger partial charge >= 0.3 is 0 Å². The van der Waals surface area contributed by atoms with E-state index in [1.54, 1.807) is 24.5 Å². The topological polar surface area (TPSA) is 98.4 Å². The van der Waals surface area contributed by atoms with E-state index >= 15 is 0 Å². The predicted molar refractivity (Wildman–Crippen MR) is 89.7 cm³/mol. The molecule has 0 aliphatic carbocycles. The van der Waals surface area contributed by atoms with E-state index in [2.05, 4.69) is 9.97 Å². The van der Waals surface area contributed by atoms with Crippen molar-refractivity contribution in [2.24, 2.45) is 0 Å². The van der Waals surface area contributed by atoms with Crippen LogP contribution >= 0.6 is 0 Å². The second-order valence-electron chi connectivity index (χ2n) is 5.67. The lowest BCUT2D eigenvalue weighted by Crippen LogP contribution is -2.45. The molecule has 1 aliphatic rings. The monoisotopic (exact) mass is 348 g/mol. The van der Waals surface area contributed by atoms with Gasteiger partial charge in [0.1, 0.15) is 10.7 Å². The molecule has 1 atom stereocenters. The molecule has 2 aromatic heterocycles. The van der Waals surface area contributed by atoms with Crippen molar-refractivity contribution in [1.82, 2.24) is 14.3 Å². The van der Waals surface area contributed by atoms with Crippen molar-refractivity contribution in [2.75, 3.05) is 25.4 Å². The van der Waals surface area contributed by atoms with Crippen molar-refractivity contribution in [1.29, 1.82) is 0 Å². The maximum Gasteiger partial charge on any atom is 0.244 e. The predicted octanol–water partition coefficient (Wildman–Crippen LogP) is 1.08. The first-order chi connectivity index (χ1) is 11.6. The molecule has 0 bridgehead atoms. The Hall–Kier alpha value is -2.03. The van der Waals surface area contributed by atoms with E-state index in [-0.39, 0.29) is 11.0 Å². The Balaban J connectivity index is 1.64. The molecule has 2 aromatic rings. The Labute approximate surface area is 141 Å². The van der Waals surface area contributed by atoms with Gasteiger partial charge in [0.15, 0.2) is 0 Å². The van der Waals surface area contributed by atoms with E-state index in [0.717, 1.165) is 18.4 Å². The highest BCUT2D eigenvalue weighted by molar-refractivity contribution is 7.89. The zero-order valence-electron chi connectivity index (χ0n) is 13.2. The fraction of sp³-hybridized carbons (Fsp3) is 0.375. The van der Waals surface area contributed by atoms with Crippen molar-refractivity contribution < 1.29 is 13.2 Å². The summed E-state index contributed by atoms with van der Waals surface area (Å²) in [5.41, 5.74) is 6.74. The maximum absolute atomic E-state index is 12.7. The first kappa shape index (κ1) is 16.8. The van der Waals surface area contributed by atoms with E-state index in [1.807, 2.05) is 12.1 Å². The van der Waals surface area contributed by atoms with Crippen LogP contribution in [-0.4, -0.2) is 48.5 Å². The summed E-state index contributed by atoms with van der Waals surface area (Å²) in [6.07, 6.45) is 5.95. The number of ether oxygens (including phenoxy) is 1. The second kappa shape index (κ2) is 7.25. The Morgan fingerprint density at radius 2 is 2.21 bits per heavy atom. The Morgan fingerprint density at radius 1 is 1.33 bits per heavy atom. The van der Waals surface area contributed by atoms with Crippen LogP contribution in [0.2, 0.25) is 0 Å². The summed E-state index contributed by atoms with van der Waals surface area (Å²) < 4.78 is 32.5. The van der Waals surface area contributed by atoms with E-state index in [1.165, 1.54) is 10.5 Å². The van der Waals surface area contributed by atoms with E-state index < -0.39 is 10.0 Å². The SMILES string of the molecule is Nc1cc(CC[C@H]2CN(S(=O)(=O)c3cccnc3)CCO2)ccn1. The van der Waals surface area contributed by atoms with Crippen LogP contribution < -0.4 is 5.73 Å². The highest BCUT2D eigenvalue weighted by Gasteiger charge is 2.30. The third kappa shape index (κ3) is 3.89. The molecular formula is C16H20N4O3S. The van der Waals surface area contributed by atoms with Crippen molar-refractivity contribution in [3.8, 4) is 0 Å². The Kier molecular flexibility index (Phi) is 5.08. The average Bonchev–Trinajstić information content (AvgIpc) is 2.61. The van der Waals surface area contributed by atoms with Gasteiger partial charge in [-0.05, 0) is 42.7 Å². The number of sulfonamides is 1. The molecule has 1 fully saturated rings. The molecule has 1 aliphatic heterocycles. The number of pyridine rings is 2. The van der Waals surface area contributed by atoms with Crippen molar-refractivity contribution >= 4 is 15.8 Å². The van der Waals surface area contributed by atoms with Crippen LogP contribution in [-0.2, 0) is 21.2 Å². The fourth-order valence-corrected chi connectivity index (χ4v) is 4.13. The van der Waals surface area contributed by atoms with Gasteiger partial charge in [-0.25, -0.2) is 13.4 Å². The smallest absolute Gasteiger partial charge is 0.244 e. The molecule has 24 heavy (non-hydrogen) atoms. The molecule has 2 N–H and O–H groups in total. The lowest BCUT2D eigenvalue weighted by Gasteiger charge is -2.32. The molecule has 0 amide bonds. The second-order valence-corrected chi connectivity index (χ2v) is 7.61. The van der Waals surface area contributed by atoms with E-state index in [4.69, 9.17) is 10.5 Å². The number of aromatic nitrogens is 2. The van der Waals surface area contributed by atoms with Gasteiger partial charge in [0.05, 0.1) is 12.7 Å². The van der Waals surface area contributed by atoms with Gasteiger partial charge in [-0.1, -0.05) is 0 Å². The van der Waals surface area contributed by atoms with Gasteiger partial charge in [-0.15, -0.1) is 0 Å². The summed E-state index contributed by atoms with van der Waals surface area (Å²) in [6.45, 7) is 1.09. The lowest BCUT2D eigenvalue weighted by atomic mass is 10.1. The van der Waals surface area contributed by atoms with Crippen LogP contribution in [0, 0.1) is 0 Å². The Morgan fingerprint density at radius 3 is 2.96 bits per heavy atom.